The molecule has 0 aromatic heterocycles. The van der Waals surface area contributed by atoms with E-state index in [0.29, 0.717) is 24.6 Å². The number of sulfonamides is 1. The number of hydrogen-bond acceptors (Lipinski definition) is 3. The Morgan fingerprint density at radius 2 is 1.83 bits per heavy atom. The molecule has 1 amide bonds. The van der Waals surface area contributed by atoms with E-state index in [1.165, 1.54) is 6.07 Å². The molecular formula is C17H24N2O3S. The monoisotopic (exact) mass is 336 g/mol. The predicted octanol–water partition coefficient (Wildman–Crippen LogP) is 2.31. The van der Waals surface area contributed by atoms with Gasteiger partial charge < -0.3 is 5.32 Å². The third-order valence-corrected chi connectivity index (χ3v) is 6.64. The van der Waals surface area contributed by atoms with Gasteiger partial charge in [-0.15, -0.1) is 0 Å². The Bertz CT molecular complexity index is 703. The topological polar surface area (TPSA) is 66.5 Å². The van der Waals surface area contributed by atoms with Crippen molar-refractivity contribution in [2.75, 3.05) is 13.1 Å². The Morgan fingerprint density at radius 3 is 2.43 bits per heavy atom. The summed E-state index contributed by atoms with van der Waals surface area (Å²) in [5, 5.41) is 2.93. The Kier molecular flexibility index (Phi) is 4.47. The van der Waals surface area contributed by atoms with Crippen molar-refractivity contribution in [2.45, 2.75) is 50.5 Å². The summed E-state index contributed by atoms with van der Waals surface area (Å²) in [5.41, 5.74) is 1.26. The lowest BCUT2D eigenvalue weighted by molar-refractivity contribution is 0.0950. The minimum absolute atomic E-state index is 0.172. The van der Waals surface area contributed by atoms with Crippen LogP contribution in [0.25, 0.3) is 0 Å². The van der Waals surface area contributed by atoms with Gasteiger partial charge in [0.1, 0.15) is 0 Å². The molecule has 0 radical (unpaired) electrons. The Balaban J connectivity index is 1.85. The molecule has 1 saturated heterocycles. The number of carbonyl (C=O) groups excluding carboxylic acids is 1. The van der Waals surface area contributed by atoms with Crippen LogP contribution in [0.4, 0.5) is 0 Å². The van der Waals surface area contributed by atoms with Gasteiger partial charge in [0.25, 0.3) is 5.91 Å². The zero-order chi connectivity index (χ0) is 16.6. The normalized spacial score (nSPS) is 20.4. The van der Waals surface area contributed by atoms with Crippen LogP contribution >= 0.6 is 0 Å². The molecule has 0 spiro atoms. The Labute approximate surface area is 138 Å². The molecule has 1 aliphatic carbocycles. The number of amides is 1. The van der Waals surface area contributed by atoms with Crippen molar-refractivity contribution < 1.29 is 13.2 Å². The number of nitrogens with one attached hydrogen (secondary N) is 1. The number of benzene rings is 1. The first-order valence-corrected chi connectivity index (χ1v) is 9.73. The van der Waals surface area contributed by atoms with E-state index in [1.54, 1.807) is 16.4 Å². The van der Waals surface area contributed by atoms with E-state index in [2.05, 4.69) is 12.2 Å². The lowest BCUT2D eigenvalue weighted by Crippen LogP contribution is -2.38. The molecule has 1 heterocycles. The van der Waals surface area contributed by atoms with Gasteiger partial charge in [0.05, 0.1) is 4.90 Å². The van der Waals surface area contributed by atoms with E-state index in [4.69, 9.17) is 0 Å². The molecule has 3 rings (SSSR count). The highest BCUT2D eigenvalue weighted by atomic mass is 32.2. The zero-order valence-electron chi connectivity index (χ0n) is 13.7. The van der Waals surface area contributed by atoms with E-state index in [1.807, 2.05) is 6.92 Å². The lowest BCUT2D eigenvalue weighted by atomic mass is 10.0. The molecule has 126 valence electrons. The SMILES string of the molecule is Cc1ccc(S(=O)(=O)N2CCC(C)CC2)cc1C(=O)NC1CC1. The van der Waals surface area contributed by atoms with Crippen molar-refractivity contribution in [1.82, 2.24) is 9.62 Å². The molecule has 23 heavy (non-hydrogen) atoms. The average molecular weight is 336 g/mol. The van der Waals surface area contributed by atoms with Crippen LogP contribution in [-0.2, 0) is 10.0 Å². The summed E-state index contributed by atoms with van der Waals surface area (Å²) in [6, 6.07) is 5.11. The molecule has 1 saturated carbocycles. The molecule has 1 aliphatic heterocycles. The molecule has 0 atom stereocenters. The van der Waals surface area contributed by atoms with Crippen molar-refractivity contribution in [3.8, 4) is 0 Å². The summed E-state index contributed by atoms with van der Waals surface area (Å²) in [6.07, 6.45) is 3.80. The number of piperidine rings is 1. The summed E-state index contributed by atoms with van der Waals surface area (Å²) in [7, 11) is -3.52. The first-order chi connectivity index (χ1) is 10.9. The van der Waals surface area contributed by atoms with Gasteiger partial charge in [-0.05, 0) is 56.2 Å². The van der Waals surface area contributed by atoms with Crippen LogP contribution in [0.2, 0.25) is 0 Å². The van der Waals surface area contributed by atoms with Gasteiger partial charge >= 0.3 is 0 Å². The van der Waals surface area contributed by atoms with Crippen molar-refractivity contribution in [1.29, 1.82) is 0 Å². The first-order valence-electron chi connectivity index (χ1n) is 8.29. The third kappa shape index (κ3) is 3.58. The largest absolute Gasteiger partial charge is 0.349 e. The van der Waals surface area contributed by atoms with Gasteiger partial charge in [-0.1, -0.05) is 13.0 Å². The van der Waals surface area contributed by atoms with Crippen LogP contribution in [0.15, 0.2) is 23.1 Å². The van der Waals surface area contributed by atoms with E-state index < -0.39 is 10.0 Å². The van der Waals surface area contributed by atoms with Crippen molar-refractivity contribution in [3.05, 3.63) is 29.3 Å². The highest BCUT2D eigenvalue weighted by Crippen LogP contribution is 2.25. The fourth-order valence-corrected chi connectivity index (χ4v) is 4.37. The van der Waals surface area contributed by atoms with Gasteiger partial charge in [-0.3, -0.25) is 4.79 Å². The molecule has 1 aromatic carbocycles. The van der Waals surface area contributed by atoms with Crippen molar-refractivity contribution >= 4 is 15.9 Å². The van der Waals surface area contributed by atoms with Crippen LogP contribution in [0.3, 0.4) is 0 Å². The average Bonchev–Trinajstić information content (AvgIpc) is 3.31. The molecule has 5 nitrogen and oxygen atoms in total. The number of carbonyl (C=O) groups is 1. The fraction of sp³-hybridized carbons (Fsp3) is 0.588. The van der Waals surface area contributed by atoms with Crippen LogP contribution in [0.5, 0.6) is 0 Å². The van der Waals surface area contributed by atoms with E-state index in [-0.39, 0.29) is 16.8 Å². The minimum Gasteiger partial charge on any atom is -0.349 e. The van der Waals surface area contributed by atoms with Gasteiger partial charge in [0.15, 0.2) is 0 Å². The second kappa shape index (κ2) is 6.24. The molecule has 2 aliphatic rings. The highest BCUT2D eigenvalue weighted by Gasteiger charge is 2.29. The predicted molar refractivity (Wildman–Crippen MR) is 88.8 cm³/mol. The van der Waals surface area contributed by atoms with E-state index in [0.717, 1.165) is 31.2 Å². The number of nitrogens with zero attached hydrogens (tertiary/aromatic N) is 1. The summed E-state index contributed by atoms with van der Waals surface area (Å²) in [6.45, 7) is 5.10. The fourth-order valence-electron chi connectivity index (χ4n) is 2.87. The maximum absolute atomic E-state index is 12.8. The molecule has 1 aromatic rings. The van der Waals surface area contributed by atoms with Crippen LogP contribution in [0.1, 0.15) is 48.5 Å². The standard InChI is InChI=1S/C17H24N2O3S/c1-12-7-9-19(10-8-12)23(21,22)15-6-3-13(2)16(11-15)17(20)18-14-4-5-14/h3,6,11-12,14H,4-5,7-10H2,1-2H3,(H,18,20). The van der Waals surface area contributed by atoms with Crippen LogP contribution in [-0.4, -0.2) is 37.8 Å². The number of aryl methyl sites for hydroxylation is 1. The van der Waals surface area contributed by atoms with Gasteiger partial charge in [0, 0.05) is 24.7 Å². The molecule has 0 bridgehead atoms. The van der Waals surface area contributed by atoms with Gasteiger partial charge in [0.2, 0.25) is 10.0 Å². The summed E-state index contributed by atoms with van der Waals surface area (Å²) in [5.74, 6) is 0.397. The molecule has 2 fully saturated rings. The molecule has 0 unspecified atom stereocenters. The number of rotatable bonds is 4. The highest BCUT2D eigenvalue weighted by molar-refractivity contribution is 7.89. The molecule has 1 N–H and O–H groups in total. The maximum atomic E-state index is 12.8. The minimum atomic E-state index is -3.52. The maximum Gasteiger partial charge on any atom is 0.251 e. The van der Waals surface area contributed by atoms with Crippen molar-refractivity contribution in [3.63, 3.8) is 0 Å². The summed E-state index contributed by atoms with van der Waals surface area (Å²) in [4.78, 5) is 12.5. The van der Waals surface area contributed by atoms with Crippen LogP contribution in [0, 0.1) is 12.8 Å². The number of hydrogen-bond donors (Lipinski definition) is 1. The lowest BCUT2D eigenvalue weighted by Gasteiger charge is -2.29. The molecular weight excluding hydrogens is 312 g/mol. The summed E-state index contributed by atoms with van der Waals surface area (Å²) >= 11 is 0. The van der Waals surface area contributed by atoms with E-state index in [9.17, 15) is 13.2 Å². The second-order valence-corrected chi connectivity index (χ2v) is 8.75. The third-order valence-electron chi connectivity index (χ3n) is 4.75. The Morgan fingerprint density at radius 1 is 1.17 bits per heavy atom. The van der Waals surface area contributed by atoms with Gasteiger partial charge in [-0.2, -0.15) is 4.31 Å². The molecule has 6 heteroatoms. The second-order valence-electron chi connectivity index (χ2n) is 6.81. The Hall–Kier alpha value is -1.40. The quantitative estimate of drug-likeness (QED) is 0.917. The van der Waals surface area contributed by atoms with E-state index >= 15 is 0 Å². The van der Waals surface area contributed by atoms with Gasteiger partial charge in [-0.25, -0.2) is 8.42 Å². The summed E-state index contributed by atoms with van der Waals surface area (Å²) < 4.78 is 27.2. The first kappa shape index (κ1) is 16.5. The smallest absolute Gasteiger partial charge is 0.251 e. The van der Waals surface area contributed by atoms with Crippen LogP contribution < -0.4 is 5.32 Å². The van der Waals surface area contributed by atoms with Crippen molar-refractivity contribution in [2.24, 2.45) is 5.92 Å². The zero-order valence-corrected chi connectivity index (χ0v) is 14.5.